The molecule has 1 rings (SSSR count). The van der Waals surface area contributed by atoms with Gasteiger partial charge < -0.3 is 5.73 Å². The van der Waals surface area contributed by atoms with E-state index in [1.807, 2.05) is 0 Å². The Morgan fingerprint density at radius 3 is 2.21 bits per heavy atom. The van der Waals surface area contributed by atoms with E-state index in [1.54, 1.807) is 0 Å². The number of aromatic nitrogens is 1. The summed E-state index contributed by atoms with van der Waals surface area (Å²) < 4.78 is 85.5. The molecule has 4 nitrogen and oxygen atoms in total. The topological polar surface area (TPSA) is 73.1 Å². The molecule has 0 aliphatic heterocycles. The third-order valence-electron chi connectivity index (χ3n) is 2.03. The number of pyridine rings is 1. The number of alkyl halides is 5. The molecular weight excluding hydrogens is 319 g/mol. The van der Waals surface area contributed by atoms with Crippen molar-refractivity contribution in [1.82, 2.24) is 4.98 Å². The lowest BCUT2D eigenvalue weighted by Gasteiger charge is -2.16. The van der Waals surface area contributed by atoms with Crippen LogP contribution in [0.15, 0.2) is 11.1 Å². The molecule has 0 atom stereocenters. The van der Waals surface area contributed by atoms with Gasteiger partial charge in [-0.15, -0.1) is 0 Å². The highest BCUT2D eigenvalue weighted by atomic mass is 35.7. The summed E-state index contributed by atoms with van der Waals surface area (Å²) in [5.74, 6) is 0. The van der Waals surface area contributed by atoms with Crippen LogP contribution in [-0.4, -0.2) is 13.4 Å². The van der Waals surface area contributed by atoms with Gasteiger partial charge in [0.05, 0.1) is 5.69 Å². The second-order valence-corrected chi connectivity index (χ2v) is 5.80. The van der Waals surface area contributed by atoms with Crippen LogP contribution in [0.2, 0.25) is 0 Å². The molecule has 1 aromatic heterocycles. The van der Waals surface area contributed by atoms with Gasteiger partial charge in [-0.05, 0) is 6.07 Å². The Bertz CT molecular complexity index is 588. The highest BCUT2D eigenvalue weighted by Crippen LogP contribution is 2.40. The molecule has 0 fully saturated rings. The van der Waals surface area contributed by atoms with E-state index in [0.717, 1.165) is 0 Å². The average molecular weight is 325 g/mol. The van der Waals surface area contributed by atoms with Crippen molar-refractivity contribution in [2.75, 3.05) is 0 Å². The van der Waals surface area contributed by atoms with Gasteiger partial charge in [-0.25, -0.2) is 22.2 Å². The molecule has 1 heterocycles. The van der Waals surface area contributed by atoms with Crippen LogP contribution in [0.5, 0.6) is 0 Å². The van der Waals surface area contributed by atoms with E-state index in [4.69, 9.17) is 16.4 Å². The van der Waals surface area contributed by atoms with Crippen molar-refractivity contribution in [2.24, 2.45) is 5.73 Å². The van der Waals surface area contributed by atoms with Gasteiger partial charge in [0.1, 0.15) is 5.56 Å². The van der Waals surface area contributed by atoms with Gasteiger partial charge in [0.15, 0.2) is 5.03 Å². The SMILES string of the molecule is NCc1cc(C(F)F)c(C(F)(F)F)c(S(=O)(=O)Cl)n1. The van der Waals surface area contributed by atoms with Gasteiger partial charge in [0, 0.05) is 22.8 Å². The number of hydrogen-bond donors (Lipinski definition) is 1. The first-order valence-corrected chi connectivity index (χ1v) is 6.83. The Kier molecular flexibility index (Phi) is 4.37. The highest BCUT2D eigenvalue weighted by molar-refractivity contribution is 8.13. The molecule has 0 aromatic carbocycles. The van der Waals surface area contributed by atoms with Crippen molar-refractivity contribution in [1.29, 1.82) is 0 Å². The summed E-state index contributed by atoms with van der Waals surface area (Å²) in [5.41, 5.74) is 1.02. The first-order chi connectivity index (χ1) is 8.48. The molecule has 11 heteroatoms. The molecule has 108 valence electrons. The van der Waals surface area contributed by atoms with Crippen molar-refractivity contribution in [3.8, 4) is 0 Å². The molecular formula is C8H6ClF5N2O2S. The van der Waals surface area contributed by atoms with E-state index in [1.165, 1.54) is 0 Å². The number of nitrogens with zero attached hydrogens (tertiary/aromatic N) is 1. The predicted molar refractivity (Wildman–Crippen MR) is 55.1 cm³/mol. The van der Waals surface area contributed by atoms with Crippen molar-refractivity contribution in [2.45, 2.75) is 24.2 Å². The number of rotatable bonds is 3. The average Bonchev–Trinajstić information content (AvgIpc) is 2.24. The van der Waals surface area contributed by atoms with Crippen LogP contribution in [-0.2, 0) is 21.8 Å². The fraction of sp³-hybridized carbons (Fsp3) is 0.375. The predicted octanol–water partition coefficient (Wildman–Crippen LogP) is 2.42. The van der Waals surface area contributed by atoms with Crippen LogP contribution in [0.3, 0.4) is 0 Å². The number of nitrogens with two attached hydrogens (primary N) is 1. The minimum atomic E-state index is -5.34. The standard InChI is InChI=1S/C8H6ClF5N2O2S/c9-19(17,18)7-5(8(12,13)14)4(6(10)11)1-3(2-15)16-7/h1,6H,2,15H2. The number of hydrogen-bond acceptors (Lipinski definition) is 4. The van der Waals surface area contributed by atoms with Crippen LogP contribution >= 0.6 is 10.7 Å². The second-order valence-electron chi connectivity index (χ2n) is 3.32. The minimum Gasteiger partial charge on any atom is -0.325 e. The quantitative estimate of drug-likeness (QED) is 0.684. The van der Waals surface area contributed by atoms with Crippen molar-refractivity contribution in [3.05, 3.63) is 22.9 Å². The van der Waals surface area contributed by atoms with Gasteiger partial charge in [-0.3, -0.25) is 0 Å². The summed E-state index contributed by atoms with van der Waals surface area (Å²) in [6, 6.07) is 0.402. The van der Waals surface area contributed by atoms with Crippen LogP contribution < -0.4 is 5.73 Å². The lowest BCUT2D eigenvalue weighted by molar-refractivity contribution is -0.142. The van der Waals surface area contributed by atoms with Gasteiger partial charge in [0.25, 0.3) is 15.5 Å². The van der Waals surface area contributed by atoms with Gasteiger partial charge >= 0.3 is 6.18 Å². The Morgan fingerprint density at radius 1 is 1.37 bits per heavy atom. The van der Waals surface area contributed by atoms with Crippen molar-refractivity contribution in [3.63, 3.8) is 0 Å². The second kappa shape index (κ2) is 5.17. The molecule has 1 aromatic rings. The van der Waals surface area contributed by atoms with Gasteiger partial charge in [-0.2, -0.15) is 13.2 Å². The van der Waals surface area contributed by atoms with Gasteiger partial charge in [0.2, 0.25) is 0 Å². The monoisotopic (exact) mass is 324 g/mol. The van der Waals surface area contributed by atoms with Crippen LogP contribution in [0.25, 0.3) is 0 Å². The molecule has 0 spiro atoms. The fourth-order valence-electron chi connectivity index (χ4n) is 1.33. The van der Waals surface area contributed by atoms with E-state index in [0.29, 0.717) is 6.07 Å². The van der Waals surface area contributed by atoms with E-state index < -0.39 is 50.0 Å². The lowest BCUT2D eigenvalue weighted by atomic mass is 10.1. The molecule has 2 N–H and O–H groups in total. The first kappa shape index (κ1) is 16.1. The smallest absolute Gasteiger partial charge is 0.325 e. The molecule has 19 heavy (non-hydrogen) atoms. The maximum Gasteiger partial charge on any atom is 0.419 e. The summed E-state index contributed by atoms with van der Waals surface area (Å²) in [4.78, 5) is 3.07. The molecule has 0 aliphatic rings. The first-order valence-electron chi connectivity index (χ1n) is 4.52. The summed E-state index contributed by atoms with van der Waals surface area (Å²) in [6.07, 6.45) is -8.90. The molecule has 0 radical (unpaired) electrons. The third kappa shape index (κ3) is 3.51. The Balaban J connectivity index is 3.83. The molecule has 0 amide bonds. The highest BCUT2D eigenvalue weighted by Gasteiger charge is 2.42. The van der Waals surface area contributed by atoms with Crippen molar-refractivity contribution < 1.29 is 30.4 Å². The van der Waals surface area contributed by atoms with Gasteiger partial charge in [-0.1, -0.05) is 0 Å². The van der Waals surface area contributed by atoms with E-state index in [-0.39, 0.29) is 0 Å². The number of halogens is 6. The minimum absolute atomic E-state index is 0.402. The maximum atomic E-state index is 12.7. The largest absolute Gasteiger partial charge is 0.419 e. The molecule has 0 saturated carbocycles. The summed E-state index contributed by atoms with van der Waals surface area (Å²) >= 11 is 0. The molecule has 0 saturated heterocycles. The Labute approximate surface area is 108 Å². The normalized spacial score (nSPS) is 13.1. The van der Waals surface area contributed by atoms with Crippen LogP contribution in [0.1, 0.15) is 23.2 Å². The Hall–Kier alpha value is -1.00. The lowest BCUT2D eigenvalue weighted by Crippen LogP contribution is -2.18. The molecule has 0 bridgehead atoms. The van der Waals surface area contributed by atoms with E-state index >= 15 is 0 Å². The van der Waals surface area contributed by atoms with Crippen molar-refractivity contribution >= 4 is 19.7 Å². The van der Waals surface area contributed by atoms with E-state index in [9.17, 15) is 30.4 Å². The Morgan fingerprint density at radius 2 is 1.89 bits per heavy atom. The molecule has 0 aliphatic carbocycles. The maximum absolute atomic E-state index is 12.7. The van der Waals surface area contributed by atoms with E-state index in [2.05, 4.69) is 4.98 Å². The molecule has 0 unspecified atom stereocenters. The zero-order chi connectivity index (χ0) is 15.0. The zero-order valence-electron chi connectivity index (χ0n) is 8.88. The summed E-state index contributed by atoms with van der Waals surface area (Å²) in [6.45, 7) is -0.517. The third-order valence-corrected chi connectivity index (χ3v) is 3.22. The zero-order valence-corrected chi connectivity index (χ0v) is 10.5. The summed E-state index contributed by atoms with van der Waals surface area (Å²) in [5, 5.41) is -1.67. The fourth-order valence-corrected chi connectivity index (χ4v) is 2.37. The van der Waals surface area contributed by atoms with Crippen LogP contribution in [0.4, 0.5) is 22.0 Å². The van der Waals surface area contributed by atoms with Crippen LogP contribution in [0, 0.1) is 0 Å². The summed E-state index contributed by atoms with van der Waals surface area (Å²) in [7, 11) is -0.154.